The van der Waals surface area contributed by atoms with Gasteiger partial charge in [-0.2, -0.15) is 5.10 Å². The molecule has 1 aliphatic heterocycles. The molecule has 1 N–H and O–H groups in total. The standard InChI is InChI=1S/C24H24N4O3/c29-23(11-9-17-8-10-21-22(15-17)31-16-30-21)26-13-14-28-20-7-2-1-5-18(20)24(27-28)19-6-3-4-12-25-19/h3-4,6,8-12,15H,1-2,5,7,13-14,16H2,(H,26,29)/b11-9+. The van der Waals surface area contributed by atoms with Crippen LogP contribution in [0.5, 0.6) is 11.5 Å². The van der Waals surface area contributed by atoms with E-state index in [9.17, 15) is 4.79 Å². The lowest BCUT2D eigenvalue weighted by Crippen LogP contribution is -2.26. The first-order chi connectivity index (χ1) is 15.3. The summed E-state index contributed by atoms with van der Waals surface area (Å²) in [6, 6.07) is 11.5. The molecule has 3 aromatic rings. The van der Waals surface area contributed by atoms with Crippen molar-refractivity contribution >= 4 is 12.0 Å². The second-order valence-electron chi connectivity index (χ2n) is 7.66. The van der Waals surface area contributed by atoms with Crippen molar-refractivity contribution in [3.63, 3.8) is 0 Å². The molecule has 0 spiro atoms. The minimum atomic E-state index is -0.136. The van der Waals surface area contributed by atoms with Crippen LogP contribution < -0.4 is 14.8 Å². The van der Waals surface area contributed by atoms with Gasteiger partial charge in [-0.1, -0.05) is 12.1 Å². The fourth-order valence-electron chi connectivity index (χ4n) is 4.10. The molecule has 31 heavy (non-hydrogen) atoms. The highest BCUT2D eigenvalue weighted by atomic mass is 16.7. The molecular formula is C24H24N4O3. The summed E-state index contributed by atoms with van der Waals surface area (Å²) >= 11 is 0. The van der Waals surface area contributed by atoms with E-state index in [0.29, 0.717) is 18.8 Å². The third-order valence-corrected chi connectivity index (χ3v) is 5.61. The molecule has 0 fully saturated rings. The maximum atomic E-state index is 12.3. The number of nitrogens with zero attached hydrogens (tertiary/aromatic N) is 3. The first kappa shape index (κ1) is 19.4. The molecule has 1 aliphatic carbocycles. The Hall–Kier alpha value is -3.61. The molecule has 1 amide bonds. The summed E-state index contributed by atoms with van der Waals surface area (Å²) in [5, 5.41) is 7.80. The van der Waals surface area contributed by atoms with E-state index in [4.69, 9.17) is 14.6 Å². The second-order valence-corrected chi connectivity index (χ2v) is 7.66. The number of carbonyl (C=O) groups excluding carboxylic acids is 1. The number of nitrogens with one attached hydrogen (secondary N) is 1. The molecule has 2 aliphatic rings. The van der Waals surface area contributed by atoms with Gasteiger partial charge in [0.2, 0.25) is 12.7 Å². The lowest BCUT2D eigenvalue weighted by atomic mass is 9.95. The highest BCUT2D eigenvalue weighted by Crippen LogP contribution is 2.33. The number of aromatic nitrogens is 3. The number of hydrogen-bond donors (Lipinski definition) is 1. The zero-order valence-corrected chi connectivity index (χ0v) is 17.2. The summed E-state index contributed by atoms with van der Waals surface area (Å²) in [6.07, 6.45) is 9.52. The van der Waals surface area contributed by atoms with Crippen LogP contribution >= 0.6 is 0 Å². The van der Waals surface area contributed by atoms with Gasteiger partial charge in [0.25, 0.3) is 0 Å². The zero-order valence-electron chi connectivity index (χ0n) is 17.2. The maximum absolute atomic E-state index is 12.3. The molecule has 0 atom stereocenters. The molecule has 158 valence electrons. The first-order valence-corrected chi connectivity index (χ1v) is 10.6. The highest BCUT2D eigenvalue weighted by Gasteiger charge is 2.22. The third-order valence-electron chi connectivity index (χ3n) is 5.61. The number of fused-ring (bicyclic) bond motifs is 2. The number of hydrogen-bond acceptors (Lipinski definition) is 5. The second kappa shape index (κ2) is 8.63. The van der Waals surface area contributed by atoms with Crippen LogP contribution in [0.3, 0.4) is 0 Å². The van der Waals surface area contributed by atoms with Crippen molar-refractivity contribution in [2.75, 3.05) is 13.3 Å². The molecule has 2 aromatic heterocycles. The van der Waals surface area contributed by atoms with E-state index in [-0.39, 0.29) is 12.7 Å². The predicted octanol–water partition coefficient (Wildman–Crippen LogP) is 3.38. The summed E-state index contributed by atoms with van der Waals surface area (Å²) in [6.45, 7) is 1.39. The summed E-state index contributed by atoms with van der Waals surface area (Å²) in [4.78, 5) is 16.7. The smallest absolute Gasteiger partial charge is 0.244 e. The number of pyridine rings is 1. The number of ether oxygens (including phenoxy) is 2. The van der Waals surface area contributed by atoms with E-state index in [1.54, 1.807) is 12.3 Å². The number of amides is 1. The van der Waals surface area contributed by atoms with Crippen LogP contribution in [-0.2, 0) is 24.2 Å². The molecule has 1 aromatic carbocycles. The van der Waals surface area contributed by atoms with Gasteiger partial charge < -0.3 is 14.8 Å². The van der Waals surface area contributed by atoms with Crippen molar-refractivity contribution < 1.29 is 14.3 Å². The minimum Gasteiger partial charge on any atom is -0.454 e. The Morgan fingerprint density at radius 1 is 1.13 bits per heavy atom. The van der Waals surface area contributed by atoms with Gasteiger partial charge in [0.15, 0.2) is 11.5 Å². The molecule has 0 saturated carbocycles. The third kappa shape index (κ3) is 4.17. The molecule has 7 nitrogen and oxygen atoms in total. The molecule has 0 radical (unpaired) electrons. The van der Waals surface area contributed by atoms with Gasteiger partial charge in [-0.3, -0.25) is 14.5 Å². The van der Waals surface area contributed by atoms with E-state index < -0.39 is 0 Å². The molecule has 7 heteroatoms. The Bertz CT molecular complexity index is 1120. The molecule has 0 bridgehead atoms. The topological polar surface area (TPSA) is 78.3 Å². The van der Waals surface area contributed by atoms with E-state index >= 15 is 0 Å². The average Bonchev–Trinajstić information content (AvgIpc) is 3.43. The van der Waals surface area contributed by atoms with Crippen LogP contribution in [0.4, 0.5) is 0 Å². The van der Waals surface area contributed by atoms with Crippen molar-refractivity contribution in [1.29, 1.82) is 0 Å². The van der Waals surface area contributed by atoms with Gasteiger partial charge in [0, 0.05) is 30.1 Å². The van der Waals surface area contributed by atoms with Crippen LogP contribution in [0.15, 0.2) is 48.7 Å². The van der Waals surface area contributed by atoms with Gasteiger partial charge >= 0.3 is 0 Å². The molecule has 5 rings (SSSR count). The van der Waals surface area contributed by atoms with Crippen molar-refractivity contribution in [2.45, 2.75) is 32.2 Å². The van der Waals surface area contributed by atoms with Crippen LogP contribution in [-0.4, -0.2) is 34.0 Å². The van der Waals surface area contributed by atoms with Crippen LogP contribution in [0.25, 0.3) is 17.5 Å². The quantitative estimate of drug-likeness (QED) is 0.624. The van der Waals surface area contributed by atoms with Gasteiger partial charge in [-0.15, -0.1) is 0 Å². The minimum absolute atomic E-state index is 0.136. The maximum Gasteiger partial charge on any atom is 0.244 e. The molecular weight excluding hydrogens is 392 g/mol. The SMILES string of the molecule is O=C(/C=C/c1ccc2c(c1)OCO2)NCCn1nc(-c2ccccn2)c2c1CCCC2. The van der Waals surface area contributed by atoms with Gasteiger partial charge in [-0.25, -0.2) is 0 Å². The van der Waals surface area contributed by atoms with Crippen molar-refractivity contribution in [2.24, 2.45) is 0 Å². The van der Waals surface area contributed by atoms with Crippen molar-refractivity contribution in [3.8, 4) is 22.9 Å². The van der Waals surface area contributed by atoms with Crippen LogP contribution in [0.2, 0.25) is 0 Å². The van der Waals surface area contributed by atoms with E-state index in [1.165, 1.54) is 30.2 Å². The lowest BCUT2D eigenvalue weighted by molar-refractivity contribution is -0.116. The normalized spacial score (nSPS) is 14.6. The summed E-state index contributed by atoms with van der Waals surface area (Å²) in [5.41, 5.74) is 5.36. The number of rotatable bonds is 6. The Kier molecular flexibility index (Phi) is 5.39. The Balaban J connectivity index is 1.22. The van der Waals surface area contributed by atoms with Gasteiger partial charge in [0.1, 0.15) is 5.69 Å². The highest BCUT2D eigenvalue weighted by molar-refractivity contribution is 5.91. The summed E-state index contributed by atoms with van der Waals surface area (Å²) in [7, 11) is 0. The Morgan fingerprint density at radius 3 is 2.94 bits per heavy atom. The molecule has 3 heterocycles. The van der Waals surface area contributed by atoms with Gasteiger partial charge in [-0.05, 0) is 61.6 Å². The molecule has 0 saturated heterocycles. The zero-order chi connectivity index (χ0) is 21.0. The van der Waals surface area contributed by atoms with E-state index in [1.807, 2.05) is 41.1 Å². The van der Waals surface area contributed by atoms with E-state index in [2.05, 4.69) is 10.3 Å². The van der Waals surface area contributed by atoms with Crippen molar-refractivity contribution in [1.82, 2.24) is 20.1 Å². The predicted molar refractivity (Wildman–Crippen MR) is 117 cm³/mol. The van der Waals surface area contributed by atoms with Crippen molar-refractivity contribution in [3.05, 3.63) is 65.5 Å². The van der Waals surface area contributed by atoms with Gasteiger partial charge in [0.05, 0.1) is 12.2 Å². The van der Waals surface area contributed by atoms with Crippen LogP contribution in [0.1, 0.15) is 29.7 Å². The number of carbonyl (C=O) groups is 1. The fourth-order valence-corrected chi connectivity index (χ4v) is 4.10. The monoisotopic (exact) mass is 416 g/mol. The van der Waals surface area contributed by atoms with Crippen LogP contribution in [0, 0.1) is 0 Å². The largest absolute Gasteiger partial charge is 0.454 e. The molecule has 0 unspecified atom stereocenters. The lowest BCUT2D eigenvalue weighted by Gasteiger charge is -2.14. The summed E-state index contributed by atoms with van der Waals surface area (Å²) in [5.74, 6) is 1.30. The Morgan fingerprint density at radius 2 is 2.03 bits per heavy atom. The average molecular weight is 416 g/mol. The first-order valence-electron chi connectivity index (χ1n) is 10.6. The summed E-state index contributed by atoms with van der Waals surface area (Å²) < 4.78 is 12.7. The fraction of sp³-hybridized carbons (Fsp3) is 0.292. The number of benzene rings is 1. The van der Waals surface area contributed by atoms with E-state index in [0.717, 1.165) is 35.5 Å². The Labute approximate surface area is 180 Å².